The molecule has 0 aliphatic carbocycles. The molecule has 1 N–H and O–H groups in total. The number of hydrogen-bond acceptors (Lipinski definition) is 3. The Balaban J connectivity index is 0.000000350. The predicted molar refractivity (Wildman–Crippen MR) is 119 cm³/mol. The van der Waals surface area contributed by atoms with Crippen LogP contribution in [0.1, 0.15) is 13.8 Å². The SMILES string of the molecule is CC(=O)/C=C(/C)O.[Pt].[c-]1cccc(-c2ccccc2)c1-c1cccc2cccnc12. The third kappa shape index (κ3) is 5.98. The monoisotopic (exact) mass is 575 g/mol. The van der Waals surface area contributed by atoms with Crippen LogP contribution in [0.4, 0.5) is 0 Å². The summed E-state index contributed by atoms with van der Waals surface area (Å²) in [6.07, 6.45) is 3.01. The summed E-state index contributed by atoms with van der Waals surface area (Å²) in [5, 5.41) is 9.51. The average molecular weight is 576 g/mol. The summed E-state index contributed by atoms with van der Waals surface area (Å²) in [5.41, 5.74) is 5.61. The van der Waals surface area contributed by atoms with Crippen LogP contribution < -0.4 is 0 Å². The van der Waals surface area contributed by atoms with Gasteiger partial charge in [-0.2, -0.15) is 0 Å². The Bertz CT molecular complexity index is 1140. The van der Waals surface area contributed by atoms with Crippen molar-refractivity contribution >= 4 is 16.7 Å². The zero-order valence-electron chi connectivity index (χ0n) is 16.8. The van der Waals surface area contributed by atoms with Gasteiger partial charge in [0.15, 0.2) is 5.78 Å². The van der Waals surface area contributed by atoms with E-state index in [0.717, 1.165) is 22.0 Å². The van der Waals surface area contributed by atoms with Crippen molar-refractivity contribution < 1.29 is 31.0 Å². The largest absolute Gasteiger partial charge is 0.512 e. The Hall–Kier alpha value is -3.03. The van der Waals surface area contributed by atoms with Crippen molar-refractivity contribution in [1.29, 1.82) is 0 Å². The fourth-order valence-electron chi connectivity index (χ4n) is 3.12. The molecule has 3 nitrogen and oxygen atoms in total. The smallest absolute Gasteiger partial charge is 0.155 e. The molecule has 1 heterocycles. The molecule has 0 amide bonds. The average Bonchev–Trinajstić information content (AvgIpc) is 2.73. The summed E-state index contributed by atoms with van der Waals surface area (Å²) in [7, 11) is 0. The van der Waals surface area contributed by atoms with Crippen LogP contribution in [-0.2, 0) is 25.9 Å². The van der Waals surface area contributed by atoms with E-state index in [0.29, 0.717) is 0 Å². The zero-order valence-corrected chi connectivity index (χ0v) is 19.1. The van der Waals surface area contributed by atoms with Crippen LogP contribution in [0.5, 0.6) is 0 Å². The standard InChI is InChI=1S/C21H14N.C5H8O2.Pt/c1-2-8-16(9-3-1)18-12-4-5-13-19(18)20-14-6-10-17-11-7-15-22-21(17)20;1-4(6)3-5(2)7;/h1-12,14-15H;3,6H,1-2H3;/q-1;;/b;4-3-;. The second kappa shape index (κ2) is 11.2. The summed E-state index contributed by atoms with van der Waals surface area (Å²) in [5.74, 6) is -0.0625. The number of carbonyl (C=O) groups excluding carboxylic acids is 1. The Morgan fingerprint density at radius 3 is 2.27 bits per heavy atom. The van der Waals surface area contributed by atoms with Crippen LogP contribution in [0.3, 0.4) is 0 Å². The number of aliphatic hydroxyl groups is 1. The van der Waals surface area contributed by atoms with Gasteiger partial charge in [-0.3, -0.25) is 9.78 Å². The summed E-state index contributed by atoms with van der Waals surface area (Å²) in [6, 6.07) is 30.3. The van der Waals surface area contributed by atoms with Gasteiger partial charge in [-0.15, -0.1) is 35.4 Å². The number of pyridine rings is 1. The van der Waals surface area contributed by atoms with Crippen LogP contribution in [-0.4, -0.2) is 15.9 Å². The normalized spacial score (nSPS) is 10.5. The first kappa shape index (κ1) is 23.2. The molecular weight excluding hydrogens is 553 g/mol. The molecule has 0 aliphatic rings. The number of nitrogens with zero attached hydrogens (tertiary/aromatic N) is 1. The molecule has 0 aliphatic heterocycles. The number of para-hydroxylation sites is 1. The van der Waals surface area contributed by atoms with Gasteiger partial charge in [0.2, 0.25) is 0 Å². The predicted octanol–water partition coefficient (Wildman–Crippen LogP) is 6.40. The van der Waals surface area contributed by atoms with E-state index in [4.69, 9.17) is 5.11 Å². The van der Waals surface area contributed by atoms with Crippen molar-refractivity contribution in [2.75, 3.05) is 0 Å². The van der Waals surface area contributed by atoms with Gasteiger partial charge in [-0.05, 0) is 25.3 Å². The van der Waals surface area contributed by atoms with Crippen LogP contribution >= 0.6 is 0 Å². The van der Waals surface area contributed by atoms with E-state index < -0.39 is 0 Å². The van der Waals surface area contributed by atoms with Gasteiger partial charge >= 0.3 is 0 Å². The maximum Gasteiger partial charge on any atom is 0.155 e. The third-order valence-corrected chi connectivity index (χ3v) is 4.26. The molecule has 0 saturated carbocycles. The molecule has 0 fully saturated rings. The summed E-state index contributed by atoms with van der Waals surface area (Å²) >= 11 is 0. The number of aromatic nitrogens is 1. The molecule has 4 rings (SSSR count). The number of aliphatic hydroxyl groups excluding tert-OH is 1. The number of fused-ring (bicyclic) bond motifs is 1. The van der Waals surface area contributed by atoms with Gasteiger partial charge in [0, 0.05) is 38.9 Å². The van der Waals surface area contributed by atoms with Crippen molar-refractivity contribution in [1.82, 2.24) is 4.98 Å². The Kier molecular flexibility index (Phi) is 8.70. The third-order valence-electron chi connectivity index (χ3n) is 4.26. The molecule has 3 aromatic carbocycles. The summed E-state index contributed by atoms with van der Waals surface area (Å²) in [4.78, 5) is 14.6. The second-order valence-corrected chi connectivity index (χ2v) is 6.60. The molecular formula is C26H22NO2Pt-. The van der Waals surface area contributed by atoms with Crippen LogP contribution in [0.15, 0.2) is 96.9 Å². The summed E-state index contributed by atoms with van der Waals surface area (Å²) < 4.78 is 0. The Morgan fingerprint density at radius 1 is 0.900 bits per heavy atom. The van der Waals surface area contributed by atoms with Gasteiger partial charge in [0.1, 0.15) is 0 Å². The summed E-state index contributed by atoms with van der Waals surface area (Å²) in [6.45, 7) is 2.85. The van der Waals surface area contributed by atoms with Crippen molar-refractivity contribution in [3.63, 3.8) is 0 Å². The first-order valence-corrected chi connectivity index (χ1v) is 9.34. The molecule has 4 aromatic rings. The van der Waals surface area contributed by atoms with Crippen LogP contribution in [0.25, 0.3) is 33.2 Å². The molecule has 0 spiro atoms. The van der Waals surface area contributed by atoms with E-state index in [1.165, 1.54) is 31.1 Å². The number of carbonyl (C=O) groups is 1. The van der Waals surface area contributed by atoms with Gasteiger partial charge in [-0.1, -0.05) is 65.7 Å². The quantitative estimate of drug-likeness (QED) is 0.175. The van der Waals surface area contributed by atoms with E-state index in [-0.39, 0.29) is 32.6 Å². The van der Waals surface area contributed by atoms with Gasteiger partial charge in [0.25, 0.3) is 0 Å². The van der Waals surface area contributed by atoms with Gasteiger partial charge in [0.05, 0.1) is 5.76 Å². The van der Waals surface area contributed by atoms with Crippen molar-refractivity contribution in [3.8, 4) is 22.3 Å². The number of hydrogen-bond donors (Lipinski definition) is 1. The minimum absolute atomic E-state index is 0. The van der Waals surface area contributed by atoms with Crippen LogP contribution in [0.2, 0.25) is 0 Å². The Labute approximate surface area is 191 Å². The van der Waals surface area contributed by atoms with E-state index in [2.05, 4.69) is 65.6 Å². The Morgan fingerprint density at radius 2 is 1.60 bits per heavy atom. The molecule has 0 bridgehead atoms. The molecule has 30 heavy (non-hydrogen) atoms. The molecule has 154 valence electrons. The first-order chi connectivity index (χ1) is 14.1. The van der Waals surface area contributed by atoms with E-state index in [1.54, 1.807) is 0 Å². The van der Waals surface area contributed by atoms with Crippen molar-refractivity contribution in [2.24, 2.45) is 0 Å². The first-order valence-electron chi connectivity index (χ1n) is 9.34. The molecule has 0 atom stereocenters. The molecule has 0 saturated heterocycles. The van der Waals surface area contributed by atoms with E-state index in [9.17, 15) is 4.79 Å². The van der Waals surface area contributed by atoms with E-state index >= 15 is 0 Å². The maximum absolute atomic E-state index is 10.0. The minimum Gasteiger partial charge on any atom is -0.512 e. The topological polar surface area (TPSA) is 50.2 Å². The van der Waals surface area contributed by atoms with Gasteiger partial charge in [-0.25, -0.2) is 0 Å². The number of benzene rings is 3. The van der Waals surface area contributed by atoms with Crippen LogP contribution in [0, 0.1) is 6.07 Å². The van der Waals surface area contributed by atoms with Crippen molar-refractivity contribution in [3.05, 3.63) is 103 Å². The maximum atomic E-state index is 10.0. The van der Waals surface area contributed by atoms with Crippen molar-refractivity contribution in [2.45, 2.75) is 13.8 Å². The van der Waals surface area contributed by atoms with E-state index in [1.807, 2.05) is 30.5 Å². The zero-order chi connectivity index (χ0) is 20.6. The number of allylic oxidation sites excluding steroid dienone is 2. The second-order valence-electron chi connectivity index (χ2n) is 6.60. The fourth-order valence-corrected chi connectivity index (χ4v) is 3.12. The number of rotatable bonds is 3. The molecule has 1 aromatic heterocycles. The molecule has 0 unspecified atom stereocenters. The molecule has 4 heteroatoms. The van der Waals surface area contributed by atoms with Gasteiger partial charge < -0.3 is 5.11 Å². The molecule has 0 radical (unpaired) electrons. The minimum atomic E-state index is -0.125. The number of ketones is 1. The fraction of sp³-hybridized carbons (Fsp3) is 0.0769.